The van der Waals surface area contributed by atoms with Gasteiger partial charge < -0.3 is 15.1 Å². The minimum absolute atomic E-state index is 0.108. The molecular formula is C25H20FN7O2S. The van der Waals surface area contributed by atoms with E-state index >= 15 is 4.39 Å². The van der Waals surface area contributed by atoms with Gasteiger partial charge >= 0.3 is 0 Å². The highest BCUT2D eigenvalue weighted by atomic mass is 32.1. The van der Waals surface area contributed by atoms with Crippen molar-refractivity contribution in [1.82, 2.24) is 20.3 Å². The van der Waals surface area contributed by atoms with Gasteiger partial charge in [0.05, 0.1) is 29.7 Å². The van der Waals surface area contributed by atoms with Gasteiger partial charge in [-0.25, -0.2) is 4.39 Å². The zero-order valence-electron chi connectivity index (χ0n) is 19.2. The van der Waals surface area contributed by atoms with Crippen LogP contribution in [0.3, 0.4) is 0 Å². The second kappa shape index (κ2) is 9.05. The van der Waals surface area contributed by atoms with Crippen molar-refractivity contribution in [2.45, 2.75) is 38.3 Å². The highest BCUT2D eigenvalue weighted by Crippen LogP contribution is 2.48. The lowest BCUT2D eigenvalue weighted by Crippen LogP contribution is -2.55. The fourth-order valence-corrected chi connectivity index (χ4v) is 4.98. The van der Waals surface area contributed by atoms with E-state index in [1.54, 1.807) is 24.0 Å². The van der Waals surface area contributed by atoms with Gasteiger partial charge in [0, 0.05) is 18.1 Å². The molecular weight excluding hydrogens is 481 g/mol. The SMILES string of the molecule is [C-]#[N+]c1ncc(N2C(=O)C3(CCC3)N(c3ccc(C(=O)NCc4cnccn4)c(F)c3)C2=S)cc1C. The third-order valence-corrected chi connectivity index (χ3v) is 6.86. The quantitative estimate of drug-likeness (QED) is 0.419. The lowest BCUT2D eigenvalue weighted by molar-refractivity contribution is -0.123. The lowest BCUT2D eigenvalue weighted by Gasteiger charge is -2.43. The van der Waals surface area contributed by atoms with Gasteiger partial charge in [-0.15, -0.1) is 4.98 Å². The average Bonchev–Trinajstić information content (AvgIpc) is 3.09. The van der Waals surface area contributed by atoms with Crippen LogP contribution in [0.1, 0.15) is 40.9 Å². The number of carbonyl (C=O) groups excluding carboxylic acids is 2. The zero-order chi connectivity index (χ0) is 25.4. The summed E-state index contributed by atoms with van der Waals surface area (Å²) in [6.45, 7) is 9.06. The maximum atomic E-state index is 15.1. The van der Waals surface area contributed by atoms with E-state index in [0.29, 0.717) is 35.5 Å². The summed E-state index contributed by atoms with van der Waals surface area (Å²) in [5, 5.41) is 2.84. The number of hydrogen-bond acceptors (Lipinski definition) is 6. The van der Waals surface area contributed by atoms with Crippen molar-refractivity contribution in [2.24, 2.45) is 0 Å². The molecule has 9 nitrogen and oxygen atoms in total. The molecule has 0 unspecified atom stereocenters. The number of pyridine rings is 1. The Balaban J connectivity index is 1.43. The molecule has 1 saturated carbocycles. The summed E-state index contributed by atoms with van der Waals surface area (Å²) in [4.78, 5) is 44.8. The van der Waals surface area contributed by atoms with E-state index < -0.39 is 17.3 Å². The second-order valence-corrected chi connectivity index (χ2v) is 9.00. The molecule has 2 amide bonds. The first kappa shape index (κ1) is 23.4. The monoisotopic (exact) mass is 501 g/mol. The maximum absolute atomic E-state index is 15.1. The number of nitrogens with zero attached hydrogens (tertiary/aromatic N) is 6. The van der Waals surface area contributed by atoms with Crippen LogP contribution in [0.4, 0.5) is 21.6 Å². The van der Waals surface area contributed by atoms with Gasteiger partial charge in [-0.1, -0.05) is 6.57 Å². The molecule has 2 fully saturated rings. The summed E-state index contributed by atoms with van der Waals surface area (Å²) in [6.07, 6.45) is 7.96. The summed E-state index contributed by atoms with van der Waals surface area (Å²) in [7, 11) is 0. The molecule has 2 aliphatic rings. The predicted octanol–water partition coefficient (Wildman–Crippen LogP) is 3.86. The van der Waals surface area contributed by atoms with E-state index in [4.69, 9.17) is 18.8 Å². The third kappa shape index (κ3) is 3.76. The van der Waals surface area contributed by atoms with E-state index in [1.807, 2.05) is 0 Å². The van der Waals surface area contributed by atoms with Gasteiger partial charge in [-0.3, -0.25) is 24.5 Å². The number of nitrogens with one attached hydrogen (secondary N) is 1. The summed E-state index contributed by atoms with van der Waals surface area (Å²) in [5.74, 6) is -1.28. The van der Waals surface area contributed by atoms with Crippen molar-refractivity contribution < 1.29 is 14.0 Å². The molecule has 1 aromatic carbocycles. The standard InChI is InChI=1S/C25H20FN7O2S/c1-15-10-18(14-30-21(15)27-2)32-23(35)25(6-3-7-25)33(24(32)36)17-4-5-19(20(26)11-17)22(34)31-13-16-12-28-8-9-29-16/h4-5,8-12,14H,3,6-7,13H2,1H3,(H,31,34). The van der Waals surface area contributed by atoms with E-state index in [2.05, 4.69) is 25.1 Å². The minimum Gasteiger partial charge on any atom is -0.360 e. The smallest absolute Gasteiger partial charge is 0.272 e. The topological polar surface area (TPSA) is 95.7 Å². The van der Waals surface area contributed by atoms with Crippen LogP contribution < -0.4 is 15.1 Å². The second-order valence-electron chi connectivity index (χ2n) is 8.63. The van der Waals surface area contributed by atoms with Crippen molar-refractivity contribution in [1.29, 1.82) is 0 Å². The molecule has 180 valence electrons. The van der Waals surface area contributed by atoms with Gasteiger partial charge in [0.1, 0.15) is 17.6 Å². The fraction of sp³-hybridized carbons (Fsp3) is 0.240. The first-order valence-electron chi connectivity index (χ1n) is 11.2. The molecule has 3 heterocycles. The number of aryl methyl sites for hydroxylation is 1. The van der Waals surface area contributed by atoms with Gasteiger partial charge in [-0.05, 0) is 68.2 Å². The van der Waals surface area contributed by atoms with Crippen molar-refractivity contribution in [3.8, 4) is 0 Å². The number of benzene rings is 1. The Morgan fingerprint density at radius 2 is 2.03 bits per heavy atom. The van der Waals surface area contributed by atoms with Crippen LogP contribution in [0.15, 0.2) is 49.1 Å². The minimum atomic E-state index is -0.911. The molecule has 11 heteroatoms. The van der Waals surface area contributed by atoms with Gasteiger partial charge in [0.2, 0.25) is 0 Å². The number of rotatable bonds is 5. The first-order chi connectivity index (χ1) is 17.4. The summed E-state index contributed by atoms with van der Waals surface area (Å²) in [5.41, 5.74) is 0.983. The number of halogens is 1. The molecule has 1 saturated heterocycles. The molecule has 1 aliphatic carbocycles. The molecule has 1 N–H and O–H groups in total. The summed E-state index contributed by atoms with van der Waals surface area (Å²) >= 11 is 5.71. The Bertz CT molecular complexity index is 1440. The van der Waals surface area contributed by atoms with Crippen molar-refractivity contribution in [3.63, 3.8) is 0 Å². The maximum Gasteiger partial charge on any atom is 0.272 e. The molecule has 2 aromatic heterocycles. The van der Waals surface area contributed by atoms with Crippen LogP contribution >= 0.6 is 12.2 Å². The number of aromatic nitrogens is 3. The van der Waals surface area contributed by atoms with E-state index in [0.717, 1.165) is 6.42 Å². The Morgan fingerprint density at radius 1 is 1.22 bits per heavy atom. The zero-order valence-corrected chi connectivity index (χ0v) is 20.0. The molecule has 3 aromatic rings. The van der Waals surface area contributed by atoms with Crippen molar-refractivity contribution >= 4 is 46.3 Å². The number of hydrogen-bond donors (Lipinski definition) is 1. The Morgan fingerprint density at radius 3 is 2.64 bits per heavy atom. The van der Waals surface area contributed by atoms with Gasteiger partial charge in [-0.2, -0.15) is 0 Å². The lowest BCUT2D eigenvalue weighted by atomic mass is 9.75. The largest absolute Gasteiger partial charge is 0.360 e. The summed E-state index contributed by atoms with van der Waals surface area (Å²) < 4.78 is 15.1. The highest BCUT2D eigenvalue weighted by molar-refractivity contribution is 7.81. The Hall–Kier alpha value is -4.30. The normalized spacial score (nSPS) is 16.1. The molecule has 0 bridgehead atoms. The molecule has 0 atom stereocenters. The highest BCUT2D eigenvalue weighted by Gasteiger charge is 2.59. The first-order valence-corrected chi connectivity index (χ1v) is 11.6. The van der Waals surface area contributed by atoms with E-state index in [1.165, 1.54) is 41.8 Å². The van der Waals surface area contributed by atoms with Crippen LogP contribution in [-0.4, -0.2) is 37.4 Å². The number of anilines is 2. The van der Waals surface area contributed by atoms with Crippen LogP contribution in [0, 0.1) is 19.3 Å². The van der Waals surface area contributed by atoms with Crippen LogP contribution in [0.25, 0.3) is 4.85 Å². The van der Waals surface area contributed by atoms with Gasteiger partial charge in [0.25, 0.3) is 17.6 Å². The van der Waals surface area contributed by atoms with E-state index in [-0.39, 0.29) is 28.9 Å². The molecule has 5 rings (SSSR count). The van der Waals surface area contributed by atoms with Crippen molar-refractivity contribution in [3.05, 3.63) is 83.1 Å². The van der Waals surface area contributed by atoms with Crippen LogP contribution in [-0.2, 0) is 11.3 Å². The fourth-order valence-electron chi connectivity index (χ4n) is 4.51. The number of carbonyl (C=O) groups is 2. The third-order valence-electron chi connectivity index (χ3n) is 6.50. The number of thiocarbonyl (C=S) groups is 1. The Labute approximate surface area is 211 Å². The predicted molar refractivity (Wildman–Crippen MR) is 134 cm³/mol. The average molecular weight is 502 g/mol. The van der Waals surface area contributed by atoms with Crippen molar-refractivity contribution in [2.75, 3.05) is 9.80 Å². The van der Waals surface area contributed by atoms with E-state index in [9.17, 15) is 9.59 Å². The van der Waals surface area contributed by atoms with Crippen LogP contribution in [0.5, 0.6) is 0 Å². The molecule has 36 heavy (non-hydrogen) atoms. The number of amides is 2. The molecule has 1 spiro atoms. The van der Waals surface area contributed by atoms with Crippen LogP contribution in [0.2, 0.25) is 0 Å². The molecule has 1 aliphatic heterocycles. The van der Waals surface area contributed by atoms with Gasteiger partial charge in [0.15, 0.2) is 5.11 Å². The Kier molecular flexibility index (Phi) is 5.89. The summed E-state index contributed by atoms with van der Waals surface area (Å²) in [6, 6.07) is 5.90. The molecule has 0 radical (unpaired) electrons.